The van der Waals surface area contributed by atoms with Crippen LogP contribution in [-0.4, -0.2) is 9.97 Å². The molecule has 0 spiro atoms. The number of unbranched alkanes of at least 4 members (excludes halogenated alkanes) is 8. The van der Waals surface area contributed by atoms with Crippen LogP contribution in [0.5, 0.6) is 0 Å². The van der Waals surface area contributed by atoms with E-state index in [0.29, 0.717) is 0 Å². The highest BCUT2D eigenvalue weighted by atomic mass is 14.8. The first-order valence-corrected chi connectivity index (χ1v) is 14.7. The summed E-state index contributed by atoms with van der Waals surface area (Å²) in [5, 5.41) is 0. The van der Waals surface area contributed by atoms with Crippen molar-refractivity contribution in [2.24, 2.45) is 11.8 Å². The minimum atomic E-state index is 0.887. The van der Waals surface area contributed by atoms with E-state index in [1.165, 1.54) is 125 Å². The molecular weight excluding hydrogens is 412 g/mol. The van der Waals surface area contributed by atoms with E-state index in [0.717, 1.165) is 24.7 Å². The van der Waals surface area contributed by atoms with Gasteiger partial charge in [-0.3, -0.25) is 0 Å². The van der Waals surface area contributed by atoms with Crippen LogP contribution in [0.4, 0.5) is 0 Å². The smallest absolute Gasteiger partial charge is 0.116 e. The fourth-order valence-electron chi connectivity index (χ4n) is 5.88. The molecule has 1 aliphatic carbocycles. The summed E-state index contributed by atoms with van der Waals surface area (Å²) < 4.78 is 0. The zero-order valence-electron chi connectivity index (χ0n) is 22.2. The van der Waals surface area contributed by atoms with E-state index in [-0.39, 0.29) is 0 Å². The first-order valence-electron chi connectivity index (χ1n) is 14.7. The molecule has 0 saturated heterocycles. The van der Waals surface area contributed by atoms with E-state index in [1.54, 1.807) is 6.33 Å². The van der Waals surface area contributed by atoms with E-state index in [2.05, 4.69) is 49.3 Å². The molecule has 1 heterocycles. The van der Waals surface area contributed by atoms with Crippen LogP contribution in [-0.2, 0) is 12.8 Å². The zero-order valence-corrected chi connectivity index (χ0v) is 22.2. The van der Waals surface area contributed by atoms with Gasteiger partial charge in [0.05, 0.1) is 5.69 Å². The van der Waals surface area contributed by atoms with Gasteiger partial charge in [0.1, 0.15) is 6.33 Å². The van der Waals surface area contributed by atoms with Gasteiger partial charge in [-0.05, 0) is 48.6 Å². The Kier molecular flexibility index (Phi) is 12.7. The standard InChI is InChI=1S/C32H50N2/c1-3-5-7-9-11-15-27-19-21-28(22-20-27)23-24-30-25-33-26-34-32(30)31-18-14-13-17-29(31)16-12-10-8-6-4-2/h13-14,17-18,25-28H,3-12,15-16,19-24H2,1-2H3. The molecule has 0 amide bonds. The summed E-state index contributed by atoms with van der Waals surface area (Å²) in [7, 11) is 0. The van der Waals surface area contributed by atoms with Crippen LogP contribution in [0.1, 0.15) is 128 Å². The normalized spacial score (nSPS) is 18.3. The Morgan fingerprint density at radius 1 is 0.676 bits per heavy atom. The number of hydrogen-bond acceptors (Lipinski definition) is 2. The molecule has 1 aromatic carbocycles. The molecule has 0 aliphatic heterocycles. The minimum absolute atomic E-state index is 0.887. The van der Waals surface area contributed by atoms with Crippen molar-refractivity contribution < 1.29 is 0 Å². The number of rotatable bonds is 16. The van der Waals surface area contributed by atoms with Gasteiger partial charge in [-0.25, -0.2) is 9.97 Å². The third-order valence-electron chi connectivity index (χ3n) is 8.11. The maximum absolute atomic E-state index is 4.79. The second-order valence-electron chi connectivity index (χ2n) is 10.8. The summed E-state index contributed by atoms with van der Waals surface area (Å²) in [5.74, 6) is 1.89. The van der Waals surface area contributed by atoms with Gasteiger partial charge in [0.15, 0.2) is 0 Å². The molecule has 1 saturated carbocycles. The highest BCUT2D eigenvalue weighted by Crippen LogP contribution is 2.35. The average Bonchev–Trinajstić information content (AvgIpc) is 2.88. The van der Waals surface area contributed by atoms with Gasteiger partial charge in [0, 0.05) is 11.8 Å². The van der Waals surface area contributed by atoms with Crippen LogP contribution in [0.2, 0.25) is 0 Å². The maximum atomic E-state index is 4.79. The Bertz CT molecular complexity index is 791. The molecule has 188 valence electrons. The Balaban J connectivity index is 1.49. The first kappa shape index (κ1) is 26.9. The Morgan fingerprint density at radius 2 is 1.32 bits per heavy atom. The Hall–Kier alpha value is -1.70. The summed E-state index contributed by atoms with van der Waals surface area (Å²) in [4.78, 5) is 9.20. The van der Waals surface area contributed by atoms with Crippen LogP contribution in [0.3, 0.4) is 0 Å². The summed E-state index contributed by atoms with van der Waals surface area (Å²) in [5.41, 5.74) is 5.32. The SMILES string of the molecule is CCCCCCCc1ccccc1-c1ncncc1CCC1CCC(CCCCCCC)CC1. The molecule has 2 heteroatoms. The molecule has 0 unspecified atom stereocenters. The van der Waals surface area contributed by atoms with E-state index in [9.17, 15) is 0 Å². The third-order valence-corrected chi connectivity index (χ3v) is 8.11. The number of hydrogen-bond donors (Lipinski definition) is 0. The predicted octanol–water partition coefficient (Wildman–Crippen LogP) is 9.76. The fourth-order valence-corrected chi connectivity index (χ4v) is 5.88. The van der Waals surface area contributed by atoms with Crippen LogP contribution >= 0.6 is 0 Å². The summed E-state index contributed by atoms with van der Waals surface area (Å²) >= 11 is 0. The van der Waals surface area contributed by atoms with Crippen molar-refractivity contribution in [1.82, 2.24) is 9.97 Å². The van der Waals surface area contributed by atoms with Crippen LogP contribution in [0, 0.1) is 11.8 Å². The van der Waals surface area contributed by atoms with Crippen LogP contribution in [0.15, 0.2) is 36.8 Å². The molecule has 1 aromatic heterocycles. The fraction of sp³-hybridized carbons (Fsp3) is 0.688. The second kappa shape index (κ2) is 16.1. The lowest BCUT2D eigenvalue weighted by Gasteiger charge is -2.28. The van der Waals surface area contributed by atoms with Crippen LogP contribution in [0.25, 0.3) is 11.3 Å². The van der Waals surface area contributed by atoms with Crippen molar-refractivity contribution >= 4 is 0 Å². The van der Waals surface area contributed by atoms with Crippen molar-refractivity contribution in [3.05, 3.63) is 47.9 Å². The van der Waals surface area contributed by atoms with Crippen molar-refractivity contribution in [2.45, 2.75) is 129 Å². The molecule has 2 aromatic rings. The van der Waals surface area contributed by atoms with Gasteiger partial charge in [0.25, 0.3) is 0 Å². The Morgan fingerprint density at radius 3 is 2.06 bits per heavy atom. The second-order valence-corrected chi connectivity index (χ2v) is 10.8. The molecule has 1 aliphatic rings. The van der Waals surface area contributed by atoms with Gasteiger partial charge in [-0.2, -0.15) is 0 Å². The molecule has 0 radical (unpaired) electrons. The summed E-state index contributed by atoms with van der Waals surface area (Å²) in [6, 6.07) is 8.95. The third kappa shape index (κ3) is 9.16. The van der Waals surface area contributed by atoms with Crippen LogP contribution < -0.4 is 0 Å². The largest absolute Gasteiger partial charge is 0.244 e. The lowest BCUT2D eigenvalue weighted by Crippen LogP contribution is -2.15. The van der Waals surface area contributed by atoms with Gasteiger partial charge in [-0.15, -0.1) is 0 Å². The van der Waals surface area contributed by atoms with Gasteiger partial charge in [-0.1, -0.05) is 128 Å². The molecule has 34 heavy (non-hydrogen) atoms. The quantitative estimate of drug-likeness (QED) is 0.232. The maximum Gasteiger partial charge on any atom is 0.116 e. The molecule has 0 bridgehead atoms. The lowest BCUT2D eigenvalue weighted by molar-refractivity contribution is 0.248. The monoisotopic (exact) mass is 462 g/mol. The molecule has 3 rings (SSSR count). The van der Waals surface area contributed by atoms with E-state index in [4.69, 9.17) is 4.98 Å². The zero-order chi connectivity index (χ0) is 23.8. The van der Waals surface area contributed by atoms with Gasteiger partial charge in [0.2, 0.25) is 0 Å². The van der Waals surface area contributed by atoms with E-state index >= 15 is 0 Å². The van der Waals surface area contributed by atoms with Crippen molar-refractivity contribution in [3.8, 4) is 11.3 Å². The predicted molar refractivity (Wildman–Crippen MR) is 147 cm³/mol. The molecule has 2 nitrogen and oxygen atoms in total. The molecule has 0 atom stereocenters. The topological polar surface area (TPSA) is 25.8 Å². The molecule has 1 fully saturated rings. The van der Waals surface area contributed by atoms with E-state index in [1.807, 2.05) is 0 Å². The first-order chi connectivity index (χ1) is 16.8. The van der Waals surface area contributed by atoms with Crippen molar-refractivity contribution in [2.75, 3.05) is 0 Å². The number of aromatic nitrogens is 2. The number of nitrogens with zero attached hydrogens (tertiary/aromatic N) is 2. The number of aryl methyl sites for hydroxylation is 2. The highest BCUT2D eigenvalue weighted by Gasteiger charge is 2.21. The van der Waals surface area contributed by atoms with Gasteiger partial charge < -0.3 is 0 Å². The lowest BCUT2D eigenvalue weighted by atomic mass is 9.77. The van der Waals surface area contributed by atoms with E-state index < -0.39 is 0 Å². The summed E-state index contributed by atoms with van der Waals surface area (Å²) in [6.07, 6.45) is 28.4. The Labute approximate surface area is 210 Å². The highest BCUT2D eigenvalue weighted by molar-refractivity contribution is 5.66. The van der Waals surface area contributed by atoms with Crippen molar-refractivity contribution in [3.63, 3.8) is 0 Å². The number of benzene rings is 1. The molecular formula is C32H50N2. The molecule has 0 N–H and O–H groups in total. The summed E-state index contributed by atoms with van der Waals surface area (Å²) in [6.45, 7) is 4.59. The average molecular weight is 463 g/mol. The van der Waals surface area contributed by atoms with Gasteiger partial charge >= 0.3 is 0 Å². The minimum Gasteiger partial charge on any atom is -0.244 e. The van der Waals surface area contributed by atoms with Crippen molar-refractivity contribution in [1.29, 1.82) is 0 Å².